The van der Waals surface area contributed by atoms with Crippen molar-refractivity contribution >= 4 is 22.3 Å². The van der Waals surface area contributed by atoms with Crippen molar-refractivity contribution in [2.24, 2.45) is 0 Å². The minimum Gasteiger partial charge on any atom is -0.397 e. The number of aromatic nitrogens is 5. The number of rotatable bonds is 4. The van der Waals surface area contributed by atoms with Gasteiger partial charge in [0.1, 0.15) is 12.2 Å². The fourth-order valence-corrected chi connectivity index (χ4v) is 1.95. The molecule has 0 spiro atoms. The van der Waals surface area contributed by atoms with Crippen molar-refractivity contribution < 1.29 is 0 Å². The Bertz CT molecular complexity index is 778. The maximum absolute atomic E-state index is 11.6. The zero-order valence-electron chi connectivity index (χ0n) is 10.6. The predicted molar refractivity (Wildman–Crippen MR) is 75.4 cm³/mol. The summed E-state index contributed by atoms with van der Waals surface area (Å²) in [5.41, 5.74) is 7.59. The average Bonchev–Trinajstić information content (AvgIpc) is 2.94. The molecule has 0 atom stereocenters. The van der Waals surface area contributed by atoms with Crippen molar-refractivity contribution in [3.8, 4) is 0 Å². The molecule has 0 bridgehead atoms. The van der Waals surface area contributed by atoms with Gasteiger partial charge in [0.05, 0.1) is 28.6 Å². The highest BCUT2D eigenvalue weighted by Crippen LogP contribution is 2.22. The second kappa shape index (κ2) is 5.00. The molecule has 0 saturated carbocycles. The van der Waals surface area contributed by atoms with E-state index >= 15 is 0 Å². The van der Waals surface area contributed by atoms with Crippen LogP contribution in [0, 0.1) is 0 Å². The fraction of sp³-hybridized carbons (Fsp3) is 0.167. The molecule has 102 valence electrons. The van der Waals surface area contributed by atoms with Gasteiger partial charge in [-0.25, -0.2) is 9.97 Å². The van der Waals surface area contributed by atoms with Gasteiger partial charge in [0.15, 0.2) is 0 Å². The molecule has 0 aliphatic carbocycles. The van der Waals surface area contributed by atoms with Crippen LogP contribution in [0.2, 0.25) is 0 Å². The molecule has 0 amide bonds. The van der Waals surface area contributed by atoms with Crippen LogP contribution in [0.5, 0.6) is 0 Å². The molecule has 8 heteroatoms. The van der Waals surface area contributed by atoms with Gasteiger partial charge in [-0.05, 0) is 12.1 Å². The van der Waals surface area contributed by atoms with Gasteiger partial charge >= 0.3 is 0 Å². The highest BCUT2D eigenvalue weighted by molar-refractivity contribution is 5.88. The summed E-state index contributed by atoms with van der Waals surface area (Å²) in [6.45, 7) is 0.647. The summed E-state index contributed by atoms with van der Waals surface area (Å²) in [6.07, 6.45) is 3.54. The maximum atomic E-state index is 11.6. The molecular weight excluding hydrogens is 258 g/mol. The number of nitrogen functional groups attached to an aromatic ring is 1. The van der Waals surface area contributed by atoms with Crippen LogP contribution >= 0.6 is 0 Å². The molecule has 8 nitrogen and oxygen atoms in total. The van der Waals surface area contributed by atoms with E-state index in [0.29, 0.717) is 29.6 Å². The van der Waals surface area contributed by atoms with E-state index < -0.39 is 0 Å². The lowest BCUT2D eigenvalue weighted by molar-refractivity contribution is 0.901. The van der Waals surface area contributed by atoms with Crippen molar-refractivity contribution in [1.29, 1.82) is 0 Å². The second-order valence-electron chi connectivity index (χ2n) is 4.30. The van der Waals surface area contributed by atoms with E-state index in [0.717, 1.165) is 11.5 Å². The van der Waals surface area contributed by atoms with E-state index in [1.54, 1.807) is 12.1 Å². The molecule has 1 aromatic carbocycles. The molecule has 2 aromatic heterocycles. The Balaban J connectivity index is 1.81. The summed E-state index contributed by atoms with van der Waals surface area (Å²) in [7, 11) is 0. The third-order valence-corrected chi connectivity index (χ3v) is 2.95. The van der Waals surface area contributed by atoms with Gasteiger partial charge in [-0.1, -0.05) is 0 Å². The minimum absolute atomic E-state index is 0.199. The van der Waals surface area contributed by atoms with Crippen molar-refractivity contribution in [2.45, 2.75) is 6.42 Å². The van der Waals surface area contributed by atoms with Gasteiger partial charge < -0.3 is 16.0 Å². The Morgan fingerprint density at radius 2 is 2.20 bits per heavy atom. The molecule has 20 heavy (non-hydrogen) atoms. The molecule has 0 saturated heterocycles. The highest BCUT2D eigenvalue weighted by Gasteiger charge is 2.06. The van der Waals surface area contributed by atoms with Crippen molar-refractivity contribution in [3.63, 3.8) is 0 Å². The summed E-state index contributed by atoms with van der Waals surface area (Å²) in [5.74, 6) is 0.798. The van der Waals surface area contributed by atoms with Crippen LogP contribution in [0.4, 0.5) is 11.4 Å². The van der Waals surface area contributed by atoms with Crippen LogP contribution in [-0.2, 0) is 6.42 Å². The SMILES string of the molecule is Nc1cc2c(=O)[nH]cnc2cc1NCCc1ncn[nH]1. The Morgan fingerprint density at radius 1 is 1.30 bits per heavy atom. The van der Waals surface area contributed by atoms with Crippen LogP contribution in [0.15, 0.2) is 29.6 Å². The van der Waals surface area contributed by atoms with Crippen LogP contribution in [-0.4, -0.2) is 31.7 Å². The van der Waals surface area contributed by atoms with Gasteiger partial charge in [-0.3, -0.25) is 9.89 Å². The summed E-state index contributed by atoms with van der Waals surface area (Å²) >= 11 is 0. The molecule has 5 N–H and O–H groups in total. The fourth-order valence-electron chi connectivity index (χ4n) is 1.95. The average molecular weight is 271 g/mol. The van der Waals surface area contributed by atoms with Gasteiger partial charge in [0.2, 0.25) is 0 Å². The largest absolute Gasteiger partial charge is 0.397 e. The highest BCUT2D eigenvalue weighted by atomic mass is 16.1. The number of fused-ring (bicyclic) bond motifs is 1. The first-order valence-electron chi connectivity index (χ1n) is 6.09. The lowest BCUT2D eigenvalue weighted by Crippen LogP contribution is -2.10. The number of hydrogen-bond acceptors (Lipinski definition) is 6. The van der Waals surface area contributed by atoms with Gasteiger partial charge in [-0.2, -0.15) is 5.10 Å². The maximum Gasteiger partial charge on any atom is 0.258 e. The van der Waals surface area contributed by atoms with E-state index in [4.69, 9.17) is 5.73 Å². The quantitative estimate of drug-likeness (QED) is 0.505. The molecule has 0 radical (unpaired) electrons. The molecule has 0 aliphatic rings. The van der Waals surface area contributed by atoms with Crippen LogP contribution in [0.3, 0.4) is 0 Å². The standard InChI is InChI=1S/C12H13N7O/c13-8-3-7-9(15-5-17-12(7)20)4-10(8)14-2-1-11-16-6-18-19-11/h3-6,14H,1-2,13H2,(H,15,17,20)(H,16,18,19). The minimum atomic E-state index is -0.199. The molecule has 2 heterocycles. The number of H-pyrrole nitrogens is 2. The molecular formula is C12H13N7O. The first-order chi connectivity index (χ1) is 9.74. The second-order valence-corrected chi connectivity index (χ2v) is 4.30. The third kappa shape index (κ3) is 2.30. The normalized spacial score (nSPS) is 10.8. The molecule has 0 fully saturated rings. The van der Waals surface area contributed by atoms with Gasteiger partial charge in [0, 0.05) is 13.0 Å². The molecule has 0 aliphatic heterocycles. The summed E-state index contributed by atoms with van der Waals surface area (Å²) in [4.78, 5) is 22.3. The van der Waals surface area contributed by atoms with E-state index in [1.807, 2.05) is 0 Å². The molecule has 3 aromatic rings. The van der Waals surface area contributed by atoms with E-state index in [2.05, 4.69) is 30.5 Å². The van der Waals surface area contributed by atoms with Gasteiger partial charge in [-0.15, -0.1) is 0 Å². The number of nitrogens with two attached hydrogens (primary N) is 1. The lowest BCUT2D eigenvalue weighted by atomic mass is 10.2. The van der Waals surface area contributed by atoms with E-state index in [-0.39, 0.29) is 5.56 Å². The first kappa shape index (κ1) is 12.2. The zero-order valence-corrected chi connectivity index (χ0v) is 10.6. The summed E-state index contributed by atoms with van der Waals surface area (Å²) in [5, 5.41) is 10.2. The van der Waals surface area contributed by atoms with E-state index in [1.165, 1.54) is 12.7 Å². The smallest absolute Gasteiger partial charge is 0.258 e. The van der Waals surface area contributed by atoms with Crippen LogP contribution in [0.1, 0.15) is 5.82 Å². The summed E-state index contributed by atoms with van der Waals surface area (Å²) in [6, 6.07) is 3.39. The van der Waals surface area contributed by atoms with Crippen molar-refractivity contribution in [2.75, 3.05) is 17.6 Å². The Hall–Kier alpha value is -2.90. The van der Waals surface area contributed by atoms with Crippen LogP contribution < -0.4 is 16.6 Å². The Labute approximate surface area is 113 Å². The number of nitrogens with one attached hydrogen (secondary N) is 3. The Kier molecular flexibility index (Phi) is 3.04. The number of anilines is 2. The van der Waals surface area contributed by atoms with Crippen molar-refractivity contribution in [3.05, 3.63) is 41.0 Å². The first-order valence-corrected chi connectivity index (χ1v) is 6.09. The summed E-state index contributed by atoms with van der Waals surface area (Å²) < 4.78 is 0. The van der Waals surface area contributed by atoms with Crippen molar-refractivity contribution in [1.82, 2.24) is 25.1 Å². The third-order valence-electron chi connectivity index (χ3n) is 2.95. The van der Waals surface area contributed by atoms with E-state index in [9.17, 15) is 4.79 Å². The molecule has 3 rings (SSSR count). The number of aromatic amines is 2. The predicted octanol–water partition coefficient (Wildman–Crippen LogP) is 0.278. The van der Waals surface area contributed by atoms with Crippen LogP contribution in [0.25, 0.3) is 10.9 Å². The monoisotopic (exact) mass is 271 g/mol. The number of hydrogen-bond donors (Lipinski definition) is 4. The number of nitrogens with zero attached hydrogens (tertiary/aromatic N) is 3. The van der Waals surface area contributed by atoms with Gasteiger partial charge in [0.25, 0.3) is 5.56 Å². The molecule has 0 unspecified atom stereocenters. The topological polar surface area (TPSA) is 125 Å². The zero-order chi connectivity index (χ0) is 13.9. The lowest BCUT2D eigenvalue weighted by Gasteiger charge is -2.09. The number of benzene rings is 1. The Morgan fingerprint density at radius 3 is 3.00 bits per heavy atom.